The molecule has 0 radical (unpaired) electrons. The number of carbonyl (C=O) groups is 2. The predicted octanol–water partition coefficient (Wildman–Crippen LogP) is 4.23. The van der Waals surface area contributed by atoms with Gasteiger partial charge in [-0.15, -0.1) is 0 Å². The summed E-state index contributed by atoms with van der Waals surface area (Å²) in [7, 11) is 0. The molecule has 0 spiro atoms. The van der Waals surface area contributed by atoms with Gasteiger partial charge in [-0.25, -0.2) is 0 Å². The van der Waals surface area contributed by atoms with Gasteiger partial charge in [-0.2, -0.15) is 0 Å². The highest BCUT2D eigenvalue weighted by atomic mass is 35.5. The topological polar surface area (TPSA) is 34.1 Å². The quantitative estimate of drug-likeness (QED) is 0.775. The summed E-state index contributed by atoms with van der Waals surface area (Å²) in [6, 6.07) is 14.5. The van der Waals surface area contributed by atoms with E-state index in [4.69, 9.17) is 23.2 Å². The lowest BCUT2D eigenvalue weighted by atomic mass is 10.0. The van der Waals surface area contributed by atoms with Crippen molar-refractivity contribution in [3.05, 3.63) is 70.8 Å². The lowest BCUT2D eigenvalue weighted by Crippen LogP contribution is -1.95. The number of rotatable bonds is 5. The van der Waals surface area contributed by atoms with Crippen molar-refractivity contribution in [3.8, 4) is 0 Å². The molecular formula is C16H12Cl2O2. The Balaban J connectivity index is 1.97. The Labute approximate surface area is 127 Å². The molecule has 102 valence electrons. The number of aryl methyl sites for hydroxylation is 2. The van der Waals surface area contributed by atoms with Crippen LogP contribution in [0.1, 0.15) is 31.8 Å². The molecule has 2 nitrogen and oxygen atoms in total. The third-order valence-corrected chi connectivity index (χ3v) is 3.50. The molecule has 0 saturated carbocycles. The lowest BCUT2D eigenvalue weighted by molar-refractivity contribution is 0.107. The Hall–Kier alpha value is -1.64. The highest BCUT2D eigenvalue weighted by Gasteiger charge is 2.03. The van der Waals surface area contributed by atoms with Gasteiger partial charge in [0, 0.05) is 11.1 Å². The number of halogens is 2. The van der Waals surface area contributed by atoms with Gasteiger partial charge in [0.15, 0.2) is 0 Å². The summed E-state index contributed by atoms with van der Waals surface area (Å²) in [4.78, 5) is 21.9. The zero-order valence-electron chi connectivity index (χ0n) is 10.6. The molecule has 0 heterocycles. The second kappa shape index (κ2) is 6.69. The van der Waals surface area contributed by atoms with E-state index in [2.05, 4.69) is 0 Å². The van der Waals surface area contributed by atoms with Gasteiger partial charge in [-0.1, -0.05) is 24.3 Å². The van der Waals surface area contributed by atoms with Crippen LogP contribution < -0.4 is 0 Å². The van der Waals surface area contributed by atoms with E-state index >= 15 is 0 Å². The summed E-state index contributed by atoms with van der Waals surface area (Å²) < 4.78 is 0. The third kappa shape index (κ3) is 3.92. The second-order valence-corrected chi connectivity index (χ2v) is 5.13. The van der Waals surface area contributed by atoms with E-state index in [1.54, 1.807) is 24.3 Å². The Morgan fingerprint density at radius 1 is 0.650 bits per heavy atom. The molecule has 0 fully saturated rings. The molecule has 2 aromatic carbocycles. The Bertz CT molecular complexity index is 558. The maximum absolute atomic E-state index is 11.0. The maximum Gasteiger partial charge on any atom is 0.252 e. The van der Waals surface area contributed by atoms with Crippen molar-refractivity contribution >= 4 is 33.7 Å². The zero-order valence-corrected chi connectivity index (χ0v) is 12.1. The van der Waals surface area contributed by atoms with Crippen LogP contribution in [0.25, 0.3) is 0 Å². The minimum absolute atomic E-state index is 0.446. The van der Waals surface area contributed by atoms with Crippen LogP contribution in [0.2, 0.25) is 0 Å². The van der Waals surface area contributed by atoms with E-state index in [-0.39, 0.29) is 0 Å². The van der Waals surface area contributed by atoms with Gasteiger partial charge in [-0.3, -0.25) is 9.59 Å². The van der Waals surface area contributed by atoms with Gasteiger partial charge in [0.05, 0.1) is 0 Å². The summed E-state index contributed by atoms with van der Waals surface area (Å²) >= 11 is 10.8. The van der Waals surface area contributed by atoms with Crippen LogP contribution in [0.4, 0.5) is 0 Å². The highest BCUT2D eigenvalue weighted by molar-refractivity contribution is 6.68. The smallest absolute Gasteiger partial charge is 0.252 e. The molecule has 0 saturated heterocycles. The van der Waals surface area contributed by atoms with Crippen LogP contribution in [0.15, 0.2) is 48.5 Å². The summed E-state index contributed by atoms with van der Waals surface area (Å²) in [5.41, 5.74) is 3.26. The zero-order chi connectivity index (χ0) is 14.5. The molecule has 20 heavy (non-hydrogen) atoms. The number of hydrogen-bond acceptors (Lipinski definition) is 2. The molecule has 0 atom stereocenters. The van der Waals surface area contributed by atoms with E-state index in [0.717, 1.165) is 24.0 Å². The molecule has 0 aliphatic rings. The van der Waals surface area contributed by atoms with Crippen molar-refractivity contribution in [1.29, 1.82) is 0 Å². The highest BCUT2D eigenvalue weighted by Crippen LogP contribution is 2.12. The molecule has 0 unspecified atom stereocenters. The van der Waals surface area contributed by atoms with Gasteiger partial charge in [0.25, 0.3) is 10.5 Å². The molecule has 0 aliphatic heterocycles. The van der Waals surface area contributed by atoms with Crippen LogP contribution in [0.3, 0.4) is 0 Å². The number of hydrogen-bond donors (Lipinski definition) is 0. The van der Waals surface area contributed by atoms with E-state index in [9.17, 15) is 9.59 Å². The Morgan fingerprint density at radius 3 is 1.20 bits per heavy atom. The molecular weight excluding hydrogens is 295 g/mol. The molecule has 0 aliphatic carbocycles. The van der Waals surface area contributed by atoms with Crippen LogP contribution in [-0.2, 0) is 12.8 Å². The summed E-state index contributed by atoms with van der Waals surface area (Å²) in [5.74, 6) is 0. The SMILES string of the molecule is O=C(Cl)c1ccc(CCc2ccc(C(=O)Cl)cc2)cc1. The molecule has 2 aromatic rings. The van der Waals surface area contributed by atoms with E-state index < -0.39 is 10.5 Å². The summed E-state index contributed by atoms with van der Waals surface area (Å²) in [6.45, 7) is 0. The fourth-order valence-corrected chi connectivity index (χ4v) is 2.15. The largest absolute Gasteiger partial charge is 0.276 e. The first-order chi connectivity index (χ1) is 9.56. The van der Waals surface area contributed by atoms with Crippen LogP contribution in [-0.4, -0.2) is 10.5 Å². The van der Waals surface area contributed by atoms with Crippen molar-refractivity contribution in [1.82, 2.24) is 0 Å². The van der Waals surface area contributed by atoms with Gasteiger partial charge in [-0.05, 0) is 71.4 Å². The fourth-order valence-electron chi connectivity index (χ4n) is 1.89. The maximum atomic E-state index is 11.0. The molecule has 4 heteroatoms. The van der Waals surface area contributed by atoms with Crippen LogP contribution in [0, 0.1) is 0 Å². The standard InChI is InChI=1S/C16H12Cl2O2/c17-15(19)13-7-3-11(4-8-13)1-2-12-5-9-14(10-6-12)16(18)20/h3-10H,1-2H2. The molecule has 2 rings (SSSR count). The average molecular weight is 307 g/mol. The molecule has 0 aromatic heterocycles. The van der Waals surface area contributed by atoms with Gasteiger partial charge >= 0.3 is 0 Å². The van der Waals surface area contributed by atoms with Crippen molar-refractivity contribution < 1.29 is 9.59 Å². The second-order valence-electron chi connectivity index (χ2n) is 4.44. The van der Waals surface area contributed by atoms with Crippen molar-refractivity contribution in [2.75, 3.05) is 0 Å². The molecule has 0 N–H and O–H groups in total. The minimum atomic E-state index is -0.446. The number of benzene rings is 2. The first kappa shape index (κ1) is 14.8. The summed E-state index contributed by atoms with van der Waals surface area (Å²) in [5, 5.41) is -0.893. The van der Waals surface area contributed by atoms with Gasteiger partial charge in [0.1, 0.15) is 0 Å². The first-order valence-corrected chi connectivity index (χ1v) is 6.89. The van der Waals surface area contributed by atoms with Crippen LogP contribution in [0.5, 0.6) is 0 Å². The van der Waals surface area contributed by atoms with Crippen molar-refractivity contribution in [2.24, 2.45) is 0 Å². The Kier molecular flexibility index (Phi) is 4.94. The van der Waals surface area contributed by atoms with E-state index in [1.807, 2.05) is 24.3 Å². The van der Waals surface area contributed by atoms with E-state index in [1.165, 1.54) is 0 Å². The lowest BCUT2D eigenvalue weighted by Gasteiger charge is -2.03. The minimum Gasteiger partial charge on any atom is -0.276 e. The average Bonchev–Trinajstić information content (AvgIpc) is 2.46. The van der Waals surface area contributed by atoms with Crippen molar-refractivity contribution in [2.45, 2.75) is 12.8 Å². The van der Waals surface area contributed by atoms with Gasteiger partial charge in [0.2, 0.25) is 0 Å². The van der Waals surface area contributed by atoms with Crippen molar-refractivity contribution in [3.63, 3.8) is 0 Å². The summed E-state index contributed by atoms with van der Waals surface area (Å²) in [6.07, 6.45) is 1.70. The number of carbonyl (C=O) groups excluding carboxylic acids is 2. The fraction of sp³-hybridized carbons (Fsp3) is 0.125. The van der Waals surface area contributed by atoms with Crippen LogP contribution >= 0.6 is 23.2 Å². The molecule has 0 bridgehead atoms. The third-order valence-electron chi connectivity index (χ3n) is 3.06. The Morgan fingerprint density at radius 2 is 0.950 bits per heavy atom. The van der Waals surface area contributed by atoms with E-state index in [0.29, 0.717) is 11.1 Å². The van der Waals surface area contributed by atoms with Gasteiger partial charge < -0.3 is 0 Å². The molecule has 0 amide bonds. The first-order valence-electron chi connectivity index (χ1n) is 6.14. The monoisotopic (exact) mass is 306 g/mol. The predicted molar refractivity (Wildman–Crippen MR) is 80.7 cm³/mol. The normalized spacial score (nSPS) is 10.3.